The van der Waals surface area contributed by atoms with Gasteiger partial charge in [-0.05, 0) is 41.5 Å². The van der Waals surface area contributed by atoms with Crippen molar-refractivity contribution in [3.8, 4) is 0 Å². The summed E-state index contributed by atoms with van der Waals surface area (Å²) in [4.78, 5) is 0.123. The average Bonchev–Trinajstić information content (AvgIpc) is 2.99. The largest absolute Gasteiger partial charge is 0.387 e. The Kier molecular flexibility index (Phi) is 4.94. The molecular formula is C17H16ClNO3S2. The van der Waals surface area contributed by atoms with E-state index >= 15 is 0 Å². The second kappa shape index (κ2) is 6.82. The molecule has 0 saturated carbocycles. The van der Waals surface area contributed by atoms with Crippen molar-refractivity contribution in [2.24, 2.45) is 0 Å². The van der Waals surface area contributed by atoms with Gasteiger partial charge in [-0.25, -0.2) is 13.1 Å². The van der Waals surface area contributed by atoms with Crippen molar-refractivity contribution in [1.82, 2.24) is 4.72 Å². The molecule has 0 spiro atoms. The van der Waals surface area contributed by atoms with Crippen LogP contribution in [0, 0.1) is 6.92 Å². The highest BCUT2D eigenvalue weighted by atomic mass is 35.5. The average molecular weight is 382 g/mol. The third-order valence-corrected chi connectivity index (χ3v) is 6.80. The van der Waals surface area contributed by atoms with E-state index in [0.29, 0.717) is 10.6 Å². The monoisotopic (exact) mass is 381 g/mol. The van der Waals surface area contributed by atoms with Crippen LogP contribution in [0.2, 0.25) is 5.02 Å². The van der Waals surface area contributed by atoms with E-state index in [9.17, 15) is 13.5 Å². The lowest BCUT2D eigenvalue weighted by Crippen LogP contribution is -2.29. The van der Waals surface area contributed by atoms with E-state index in [1.165, 1.54) is 17.4 Å². The maximum absolute atomic E-state index is 12.5. The van der Waals surface area contributed by atoms with Gasteiger partial charge in [0, 0.05) is 21.8 Å². The molecule has 0 aliphatic carbocycles. The molecule has 0 radical (unpaired) electrons. The summed E-state index contributed by atoms with van der Waals surface area (Å²) in [7, 11) is -3.74. The highest BCUT2D eigenvalue weighted by Gasteiger charge is 2.21. The van der Waals surface area contributed by atoms with E-state index in [4.69, 9.17) is 11.6 Å². The lowest BCUT2D eigenvalue weighted by molar-refractivity contribution is 0.184. The second-order valence-corrected chi connectivity index (χ2v) is 8.47. The zero-order valence-electron chi connectivity index (χ0n) is 12.9. The second-order valence-electron chi connectivity index (χ2n) is 5.42. The lowest BCUT2D eigenvalue weighted by atomic mass is 10.1. The maximum Gasteiger partial charge on any atom is 0.240 e. The van der Waals surface area contributed by atoms with Gasteiger partial charge in [0.15, 0.2) is 0 Å². The summed E-state index contributed by atoms with van der Waals surface area (Å²) < 4.78 is 28.4. The zero-order valence-corrected chi connectivity index (χ0v) is 15.3. The van der Waals surface area contributed by atoms with Gasteiger partial charge in [0.25, 0.3) is 0 Å². The smallest absolute Gasteiger partial charge is 0.240 e. The van der Waals surface area contributed by atoms with Crippen LogP contribution in [0.25, 0.3) is 10.1 Å². The number of halogens is 1. The normalized spacial score (nSPS) is 13.3. The number of benzene rings is 2. The number of rotatable bonds is 5. The standard InChI is InChI=1S/C17H16ClNO3S2/c1-11-14(18)6-4-8-17(11)24(21,22)19-9-15(20)13-10-23-16-7-3-2-5-12(13)16/h2-8,10,15,19-20H,9H2,1H3/t15-/m1/s1. The molecule has 0 unspecified atom stereocenters. The van der Waals surface area contributed by atoms with Crippen molar-refractivity contribution in [2.75, 3.05) is 6.54 Å². The number of sulfonamides is 1. The van der Waals surface area contributed by atoms with Crippen molar-refractivity contribution in [3.63, 3.8) is 0 Å². The topological polar surface area (TPSA) is 66.4 Å². The Morgan fingerprint density at radius 3 is 2.75 bits per heavy atom. The van der Waals surface area contributed by atoms with Crippen LogP contribution in [0.1, 0.15) is 17.2 Å². The number of hydrogen-bond donors (Lipinski definition) is 2. The predicted octanol–water partition coefficient (Wildman–Crippen LogP) is 3.88. The molecule has 0 aliphatic heterocycles. The minimum Gasteiger partial charge on any atom is -0.387 e. The Morgan fingerprint density at radius 1 is 1.21 bits per heavy atom. The molecule has 126 valence electrons. The van der Waals surface area contributed by atoms with Crippen LogP contribution in [-0.2, 0) is 10.0 Å². The van der Waals surface area contributed by atoms with Crippen LogP contribution in [0.4, 0.5) is 0 Å². The summed E-state index contributed by atoms with van der Waals surface area (Å²) in [6.45, 7) is 1.55. The summed E-state index contributed by atoms with van der Waals surface area (Å²) in [6, 6.07) is 12.4. The first-order chi connectivity index (χ1) is 11.4. The van der Waals surface area contributed by atoms with E-state index in [-0.39, 0.29) is 11.4 Å². The third kappa shape index (κ3) is 3.34. The molecule has 24 heavy (non-hydrogen) atoms. The fourth-order valence-corrected chi connectivity index (χ4v) is 5.05. The molecule has 2 aromatic carbocycles. The summed E-state index contributed by atoms with van der Waals surface area (Å²) in [5.41, 5.74) is 1.21. The minimum atomic E-state index is -3.74. The van der Waals surface area contributed by atoms with Gasteiger partial charge in [0.05, 0.1) is 11.0 Å². The maximum atomic E-state index is 12.5. The summed E-state index contributed by atoms with van der Waals surface area (Å²) in [6.07, 6.45) is -0.921. The highest BCUT2D eigenvalue weighted by Crippen LogP contribution is 2.30. The van der Waals surface area contributed by atoms with Crippen molar-refractivity contribution in [2.45, 2.75) is 17.9 Å². The molecule has 1 aromatic heterocycles. The quantitative estimate of drug-likeness (QED) is 0.704. The number of hydrogen-bond acceptors (Lipinski definition) is 4. The molecule has 0 fully saturated rings. The number of thiophene rings is 1. The minimum absolute atomic E-state index is 0.102. The molecule has 1 heterocycles. The van der Waals surface area contributed by atoms with Gasteiger partial charge in [0.1, 0.15) is 0 Å². The Morgan fingerprint density at radius 2 is 1.96 bits per heavy atom. The van der Waals surface area contributed by atoms with Gasteiger partial charge < -0.3 is 5.11 Å². The summed E-state index contributed by atoms with van der Waals surface area (Å²) in [5, 5.41) is 13.6. The molecule has 2 N–H and O–H groups in total. The molecule has 7 heteroatoms. The van der Waals surface area contributed by atoms with E-state index in [0.717, 1.165) is 15.6 Å². The number of aliphatic hydroxyl groups excluding tert-OH is 1. The van der Waals surface area contributed by atoms with Crippen molar-refractivity contribution in [1.29, 1.82) is 0 Å². The first-order valence-electron chi connectivity index (χ1n) is 7.29. The Hall–Kier alpha value is -1.44. The predicted molar refractivity (Wildman–Crippen MR) is 98.2 cm³/mol. The van der Waals surface area contributed by atoms with Crippen LogP contribution >= 0.6 is 22.9 Å². The van der Waals surface area contributed by atoms with Crippen LogP contribution in [0.5, 0.6) is 0 Å². The molecule has 0 aliphatic rings. The van der Waals surface area contributed by atoms with E-state index in [1.54, 1.807) is 19.1 Å². The van der Waals surface area contributed by atoms with Crippen LogP contribution in [0.3, 0.4) is 0 Å². The van der Waals surface area contributed by atoms with Crippen molar-refractivity contribution in [3.05, 3.63) is 64.0 Å². The Labute approximate surface area is 149 Å². The molecule has 3 aromatic rings. The Bertz CT molecular complexity index is 982. The van der Waals surface area contributed by atoms with E-state index in [2.05, 4.69) is 4.72 Å². The lowest BCUT2D eigenvalue weighted by Gasteiger charge is -2.13. The van der Waals surface area contributed by atoms with Gasteiger partial charge in [0.2, 0.25) is 10.0 Å². The first-order valence-corrected chi connectivity index (χ1v) is 10.0. The van der Waals surface area contributed by atoms with E-state index in [1.807, 2.05) is 29.6 Å². The van der Waals surface area contributed by atoms with Gasteiger partial charge in [-0.3, -0.25) is 0 Å². The number of nitrogens with one attached hydrogen (secondary N) is 1. The Balaban J connectivity index is 1.80. The van der Waals surface area contributed by atoms with E-state index < -0.39 is 16.1 Å². The molecule has 0 bridgehead atoms. The number of fused-ring (bicyclic) bond motifs is 1. The molecule has 0 amide bonds. The SMILES string of the molecule is Cc1c(Cl)cccc1S(=O)(=O)NC[C@@H](O)c1csc2ccccc12. The third-order valence-electron chi connectivity index (χ3n) is 3.84. The summed E-state index contributed by atoms with van der Waals surface area (Å²) in [5.74, 6) is 0. The molecule has 1 atom stereocenters. The fourth-order valence-electron chi connectivity index (χ4n) is 2.51. The molecule has 0 saturated heterocycles. The number of aliphatic hydroxyl groups is 1. The van der Waals surface area contributed by atoms with Gasteiger partial charge >= 0.3 is 0 Å². The van der Waals surface area contributed by atoms with Crippen molar-refractivity contribution >= 4 is 43.0 Å². The highest BCUT2D eigenvalue weighted by molar-refractivity contribution is 7.89. The molecule has 3 rings (SSSR count). The van der Waals surface area contributed by atoms with Gasteiger partial charge in [-0.15, -0.1) is 11.3 Å². The van der Waals surface area contributed by atoms with Crippen molar-refractivity contribution < 1.29 is 13.5 Å². The summed E-state index contributed by atoms with van der Waals surface area (Å²) >= 11 is 7.51. The van der Waals surface area contributed by atoms with Crippen LogP contribution in [-0.4, -0.2) is 20.1 Å². The van der Waals surface area contributed by atoms with Crippen LogP contribution in [0.15, 0.2) is 52.7 Å². The van der Waals surface area contributed by atoms with Gasteiger partial charge in [-0.1, -0.05) is 35.9 Å². The fraction of sp³-hybridized carbons (Fsp3) is 0.176. The first kappa shape index (κ1) is 17.4. The zero-order chi connectivity index (χ0) is 17.3. The van der Waals surface area contributed by atoms with Gasteiger partial charge in [-0.2, -0.15) is 0 Å². The molecular weight excluding hydrogens is 366 g/mol. The molecule has 4 nitrogen and oxygen atoms in total. The van der Waals surface area contributed by atoms with Crippen LogP contribution < -0.4 is 4.72 Å².